The summed E-state index contributed by atoms with van der Waals surface area (Å²) >= 11 is 0. The molecule has 0 saturated carbocycles. The first-order valence-electron chi connectivity index (χ1n) is 5.30. The van der Waals surface area contributed by atoms with Gasteiger partial charge in [0.2, 0.25) is 0 Å². The number of nitro benzene ring substituents is 1. The first kappa shape index (κ1) is 16.2. The highest BCUT2D eigenvalue weighted by Gasteiger charge is 2.27. The van der Waals surface area contributed by atoms with Crippen molar-refractivity contribution >= 4 is 21.2 Å². The number of nitrogens with zero attached hydrogens (tertiary/aromatic N) is 1. The van der Waals surface area contributed by atoms with Crippen molar-refractivity contribution in [1.82, 2.24) is 0 Å². The van der Waals surface area contributed by atoms with Gasteiger partial charge in [-0.15, -0.1) is 0 Å². The highest BCUT2D eigenvalue weighted by molar-refractivity contribution is 7.90. The van der Waals surface area contributed by atoms with E-state index >= 15 is 0 Å². The third-order valence-electron chi connectivity index (χ3n) is 2.32. The zero-order valence-electron chi connectivity index (χ0n) is 10.3. The van der Waals surface area contributed by atoms with Gasteiger partial charge in [-0.2, -0.15) is 13.2 Å². The summed E-state index contributed by atoms with van der Waals surface area (Å²) < 4.78 is 58.5. The van der Waals surface area contributed by atoms with Gasteiger partial charge in [0, 0.05) is 18.9 Å². The Morgan fingerprint density at radius 3 is 2.40 bits per heavy atom. The van der Waals surface area contributed by atoms with Crippen molar-refractivity contribution in [3.63, 3.8) is 0 Å². The minimum Gasteiger partial charge on any atom is -0.379 e. The van der Waals surface area contributed by atoms with Gasteiger partial charge in [-0.3, -0.25) is 10.1 Å². The van der Waals surface area contributed by atoms with Crippen LogP contribution in [0.4, 0.5) is 24.5 Å². The molecule has 112 valence electrons. The Balaban J connectivity index is 3.00. The first-order chi connectivity index (χ1) is 9.00. The molecule has 6 nitrogen and oxygen atoms in total. The number of alkyl halides is 3. The maximum absolute atomic E-state index is 12.0. The third-order valence-corrected chi connectivity index (χ3v) is 3.43. The Morgan fingerprint density at radius 2 is 1.95 bits per heavy atom. The van der Waals surface area contributed by atoms with Crippen LogP contribution < -0.4 is 5.32 Å². The Bertz CT molecular complexity index is 613. The van der Waals surface area contributed by atoms with Crippen molar-refractivity contribution < 1.29 is 26.5 Å². The molecule has 0 aliphatic carbocycles. The first-order valence-corrected chi connectivity index (χ1v) is 7.19. The van der Waals surface area contributed by atoms with Gasteiger partial charge in [-0.1, -0.05) is 0 Å². The summed E-state index contributed by atoms with van der Waals surface area (Å²) in [6.07, 6.45) is -4.66. The van der Waals surface area contributed by atoms with Crippen LogP contribution in [-0.4, -0.2) is 32.3 Å². The average molecular weight is 312 g/mol. The second-order valence-electron chi connectivity index (χ2n) is 4.00. The number of rotatable bonds is 5. The Kier molecular flexibility index (Phi) is 4.58. The monoisotopic (exact) mass is 312 g/mol. The molecule has 0 aliphatic rings. The standard InChI is InChI=1S/C10H11F3N2O4S/c1-20(18,19)7-2-3-8(9(6-7)15(16)17)14-5-4-10(11,12)13/h2-3,6,14H,4-5H2,1H3. The predicted octanol–water partition coefficient (Wildman–Crippen LogP) is 2.36. The second-order valence-corrected chi connectivity index (χ2v) is 6.02. The van der Waals surface area contributed by atoms with Gasteiger partial charge in [-0.25, -0.2) is 8.42 Å². The van der Waals surface area contributed by atoms with E-state index in [1.54, 1.807) is 0 Å². The number of hydrogen-bond donors (Lipinski definition) is 1. The average Bonchev–Trinajstić information content (AvgIpc) is 2.25. The van der Waals surface area contributed by atoms with Crippen molar-refractivity contribution in [2.24, 2.45) is 0 Å². The lowest BCUT2D eigenvalue weighted by Crippen LogP contribution is -2.15. The molecule has 0 aromatic heterocycles. The van der Waals surface area contributed by atoms with E-state index < -0.39 is 39.6 Å². The molecule has 0 aliphatic heterocycles. The summed E-state index contributed by atoms with van der Waals surface area (Å²) in [6.45, 7) is -0.539. The second kappa shape index (κ2) is 5.65. The fourth-order valence-corrected chi connectivity index (χ4v) is 2.02. The molecule has 1 N–H and O–H groups in total. The largest absolute Gasteiger partial charge is 0.390 e. The number of sulfone groups is 1. The van der Waals surface area contributed by atoms with Crippen LogP contribution in [0.15, 0.2) is 23.1 Å². The fourth-order valence-electron chi connectivity index (χ4n) is 1.38. The van der Waals surface area contributed by atoms with Crippen LogP contribution in [0.5, 0.6) is 0 Å². The molecule has 0 bridgehead atoms. The third kappa shape index (κ3) is 4.68. The van der Waals surface area contributed by atoms with Gasteiger partial charge in [-0.05, 0) is 12.1 Å². The minimum atomic E-state index is -4.38. The summed E-state index contributed by atoms with van der Waals surface area (Å²) in [7, 11) is -3.63. The predicted molar refractivity (Wildman–Crippen MR) is 65.4 cm³/mol. The number of benzene rings is 1. The lowest BCUT2D eigenvalue weighted by molar-refractivity contribution is -0.384. The molecule has 0 atom stereocenters. The molecule has 0 radical (unpaired) electrons. The van der Waals surface area contributed by atoms with E-state index in [4.69, 9.17) is 0 Å². The molecule has 1 aromatic rings. The Labute approximate surface area is 112 Å². The van der Waals surface area contributed by atoms with E-state index in [0.29, 0.717) is 0 Å². The smallest absolute Gasteiger partial charge is 0.379 e. The molecule has 10 heteroatoms. The van der Waals surface area contributed by atoms with Crippen LogP contribution in [0.1, 0.15) is 6.42 Å². The zero-order valence-corrected chi connectivity index (χ0v) is 11.1. The summed E-state index contributed by atoms with van der Waals surface area (Å²) in [4.78, 5) is 9.68. The summed E-state index contributed by atoms with van der Waals surface area (Å²) in [6, 6.07) is 2.98. The molecule has 0 amide bonds. The topological polar surface area (TPSA) is 89.3 Å². The van der Waals surface area contributed by atoms with Crippen molar-refractivity contribution in [2.75, 3.05) is 18.1 Å². The summed E-state index contributed by atoms with van der Waals surface area (Å²) in [5.74, 6) is 0. The van der Waals surface area contributed by atoms with Gasteiger partial charge >= 0.3 is 6.18 Å². The van der Waals surface area contributed by atoms with E-state index in [-0.39, 0.29) is 10.6 Å². The zero-order chi connectivity index (χ0) is 15.6. The van der Waals surface area contributed by atoms with Crippen LogP contribution in [0.2, 0.25) is 0 Å². The fraction of sp³-hybridized carbons (Fsp3) is 0.400. The Morgan fingerprint density at radius 1 is 1.35 bits per heavy atom. The van der Waals surface area contributed by atoms with Crippen LogP contribution >= 0.6 is 0 Å². The van der Waals surface area contributed by atoms with E-state index in [9.17, 15) is 31.7 Å². The maximum atomic E-state index is 12.0. The molecule has 1 aromatic carbocycles. The van der Waals surface area contributed by atoms with E-state index in [2.05, 4.69) is 5.32 Å². The highest BCUT2D eigenvalue weighted by atomic mass is 32.2. The van der Waals surface area contributed by atoms with Crippen molar-refractivity contribution in [3.8, 4) is 0 Å². The minimum absolute atomic E-state index is 0.161. The number of nitrogens with one attached hydrogen (secondary N) is 1. The number of nitro groups is 1. The number of hydrogen-bond acceptors (Lipinski definition) is 5. The van der Waals surface area contributed by atoms with Crippen LogP contribution in [0, 0.1) is 10.1 Å². The van der Waals surface area contributed by atoms with Gasteiger partial charge < -0.3 is 5.32 Å². The molecular weight excluding hydrogens is 301 g/mol. The lowest BCUT2D eigenvalue weighted by Gasteiger charge is -2.10. The van der Waals surface area contributed by atoms with Gasteiger partial charge in [0.15, 0.2) is 9.84 Å². The van der Waals surface area contributed by atoms with Gasteiger partial charge in [0.1, 0.15) is 5.69 Å². The molecular formula is C10H11F3N2O4S. The van der Waals surface area contributed by atoms with Crippen molar-refractivity contribution in [1.29, 1.82) is 0 Å². The van der Waals surface area contributed by atoms with Crippen LogP contribution in [-0.2, 0) is 9.84 Å². The number of halogens is 3. The van der Waals surface area contributed by atoms with Crippen molar-refractivity contribution in [3.05, 3.63) is 28.3 Å². The van der Waals surface area contributed by atoms with Gasteiger partial charge in [0.25, 0.3) is 5.69 Å². The molecule has 0 spiro atoms. The molecule has 0 fully saturated rings. The van der Waals surface area contributed by atoms with Crippen LogP contribution in [0.3, 0.4) is 0 Å². The van der Waals surface area contributed by atoms with Crippen molar-refractivity contribution in [2.45, 2.75) is 17.5 Å². The maximum Gasteiger partial charge on any atom is 0.390 e. The summed E-state index contributed by atoms with van der Waals surface area (Å²) in [5, 5.41) is 13.1. The Hall–Kier alpha value is -1.84. The quantitative estimate of drug-likeness (QED) is 0.666. The number of anilines is 1. The lowest BCUT2D eigenvalue weighted by atomic mass is 10.2. The molecule has 20 heavy (non-hydrogen) atoms. The van der Waals surface area contributed by atoms with E-state index in [0.717, 1.165) is 24.5 Å². The molecule has 0 saturated heterocycles. The SMILES string of the molecule is CS(=O)(=O)c1ccc(NCCC(F)(F)F)c([N+](=O)[O-])c1. The normalized spacial score (nSPS) is 12.2. The molecule has 1 rings (SSSR count). The molecule has 0 unspecified atom stereocenters. The van der Waals surface area contributed by atoms with E-state index in [1.165, 1.54) is 0 Å². The van der Waals surface area contributed by atoms with Gasteiger partial charge in [0.05, 0.1) is 16.2 Å². The van der Waals surface area contributed by atoms with Crippen LogP contribution in [0.25, 0.3) is 0 Å². The van der Waals surface area contributed by atoms with E-state index in [1.807, 2.05) is 0 Å². The highest BCUT2D eigenvalue weighted by Crippen LogP contribution is 2.28. The summed E-state index contributed by atoms with van der Waals surface area (Å²) in [5.41, 5.74) is -0.748. The molecule has 0 heterocycles.